The summed E-state index contributed by atoms with van der Waals surface area (Å²) < 4.78 is 0. The fourth-order valence-corrected chi connectivity index (χ4v) is 1.42. The lowest BCUT2D eigenvalue weighted by atomic mass is 9.99. The molecule has 0 aliphatic carbocycles. The zero-order valence-corrected chi connectivity index (χ0v) is 9.29. The van der Waals surface area contributed by atoms with Gasteiger partial charge in [0, 0.05) is 6.04 Å². The first-order valence-electron chi connectivity index (χ1n) is 5.21. The van der Waals surface area contributed by atoms with Gasteiger partial charge in [-0.05, 0) is 33.2 Å². The monoisotopic (exact) mass is 202 g/mol. The van der Waals surface area contributed by atoms with Crippen LogP contribution in [-0.2, 0) is 4.79 Å². The van der Waals surface area contributed by atoms with Gasteiger partial charge in [0.15, 0.2) is 0 Å². The minimum absolute atomic E-state index is 0.0801. The second-order valence-electron chi connectivity index (χ2n) is 3.74. The second-order valence-corrected chi connectivity index (χ2v) is 3.74. The molecule has 0 fully saturated rings. The average Bonchev–Trinajstić information content (AvgIpc) is 2.04. The Labute approximate surface area is 85.9 Å². The highest BCUT2D eigenvalue weighted by atomic mass is 16.3. The summed E-state index contributed by atoms with van der Waals surface area (Å²) in [6.07, 6.45) is 0.825. The molecule has 0 spiro atoms. The molecular weight excluding hydrogens is 180 g/mol. The van der Waals surface area contributed by atoms with E-state index in [0.29, 0.717) is 13.0 Å². The summed E-state index contributed by atoms with van der Waals surface area (Å²) in [6.45, 7) is 6.01. The summed E-state index contributed by atoms with van der Waals surface area (Å²) in [7, 11) is 0. The van der Waals surface area contributed by atoms with Gasteiger partial charge in [-0.15, -0.1) is 0 Å². The quantitative estimate of drug-likeness (QED) is 0.578. The summed E-state index contributed by atoms with van der Waals surface area (Å²) in [4.78, 5) is 11.6. The van der Waals surface area contributed by atoms with E-state index in [-0.39, 0.29) is 17.9 Å². The number of hydrogen-bond acceptors (Lipinski definition) is 3. The third kappa shape index (κ3) is 4.58. The lowest BCUT2D eigenvalue weighted by Gasteiger charge is -2.20. The number of aliphatic hydroxyl groups is 1. The van der Waals surface area contributed by atoms with Crippen LogP contribution in [0.4, 0.5) is 0 Å². The van der Waals surface area contributed by atoms with Crippen molar-refractivity contribution >= 4 is 5.91 Å². The van der Waals surface area contributed by atoms with Gasteiger partial charge in [-0.1, -0.05) is 6.92 Å². The zero-order valence-electron chi connectivity index (χ0n) is 9.29. The zero-order chi connectivity index (χ0) is 11.1. The Bertz CT molecular complexity index is 172. The highest BCUT2D eigenvalue weighted by Crippen LogP contribution is 2.08. The van der Waals surface area contributed by atoms with Crippen molar-refractivity contribution in [1.82, 2.24) is 5.32 Å². The molecule has 0 aromatic rings. The van der Waals surface area contributed by atoms with Gasteiger partial charge in [-0.2, -0.15) is 0 Å². The van der Waals surface area contributed by atoms with Crippen molar-refractivity contribution in [3.63, 3.8) is 0 Å². The van der Waals surface area contributed by atoms with Crippen molar-refractivity contribution in [3.8, 4) is 0 Å². The Hall–Kier alpha value is -0.610. The van der Waals surface area contributed by atoms with Crippen molar-refractivity contribution in [3.05, 3.63) is 0 Å². The molecule has 0 saturated heterocycles. The molecule has 0 aromatic heterocycles. The van der Waals surface area contributed by atoms with Crippen LogP contribution in [0.1, 0.15) is 33.6 Å². The highest BCUT2D eigenvalue weighted by Gasteiger charge is 2.22. The summed E-state index contributed by atoms with van der Waals surface area (Å²) >= 11 is 0. The number of nitrogens with one attached hydrogen (secondary N) is 1. The van der Waals surface area contributed by atoms with Crippen molar-refractivity contribution < 1.29 is 9.90 Å². The number of carbonyl (C=O) groups excluding carboxylic acids is 1. The molecule has 3 atom stereocenters. The van der Waals surface area contributed by atoms with E-state index in [1.165, 1.54) is 0 Å². The summed E-state index contributed by atoms with van der Waals surface area (Å²) in [5.74, 6) is -0.390. The third-order valence-electron chi connectivity index (χ3n) is 2.35. The average molecular weight is 202 g/mol. The first-order chi connectivity index (χ1) is 6.52. The molecule has 0 rings (SSSR count). The van der Waals surface area contributed by atoms with E-state index in [4.69, 9.17) is 5.73 Å². The molecule has 0 radical (unpaired) electrons. The Morgan fingerprint density at radius 1 is 1.50 bits per heavy atom. The molecule has 0 unspecified atom stereocenters. The van der Waals surface area contributed by atoms with Gasteiger partial charge in [0.25, 0.3) is 0 Å². The molecule has 84 valence electrons. The Kier molecular flexibility index (Phi) is 6.49. The van der Waals surface area contributed by atoms with Crippen molar-refractivity contribution in [2.45, 2.75) is 45.8 Å². The van der Waals surface area contributed by atoms with Gasteiger partial charge < -0.3 is 16.2 Å². The standard InChI is InChI=1S/C10H22N2O2/c1-4-9(8(3)13)10(14)12-7(2)5-6-11/h7-9,13H,4-6,11H2,1-3H3,(H,12,14)/t7-,8-,9+/m1/s1. The number of hydrogen-bond donors (Lipinski definition) is 3. The maximum absolute atomic E-state index is 11.6. The SMILES string of the molecule is CC[C@H](C(=O)N[C@H](C)CCN)[C@@H](C)O. The van der Waals surface area contributed by atoms with Crippen LogP contribution in [0.5, 0.6) is 0 Å². The fourth-order valence-electron chi connectivity index (χ4n) is 1.42. The molecular formula is C10H22N2O2. The van der Waals surface area contributed by atoms with Gasteiger partial charge in [0.1, 0.15) is 0 Å². The number of amides is 1. The minimum atomic E-state index is -0.593. The Morgan fingerprint density at radius 3 is 2.43 bits per heavy atom. The van der Waals surface area contributed by atoms with Crippen molar-refractivity contribution in [2.75, 3.05) is 6.54 Å². The first-order valence-corrected chi connectivity index (χ1v) is 5.21. The molecule has 0 heterocycles. The molecule has 0 aliphatic rings. The molecule has 0 saturated carbocycles. The second kappa shape index (κ2) is 6.79. The number of carbonyl (C=O) groups is 1. The highest BCUT2D eigenvalue weighted by molar-refractivity contribution is 5.79. The van der Waals surface area contributed by atoms with Crippen molar-refractivity contribution in [1.29, 1.82) is 0 Å². The smallest absolute Gasteiger partial charge is 0.225 e. The van der Waals surface area contributed by atoms with Gasteiger partial charge in [0.2, 0.25) is 5.91 Å². The molecule has 0 aliphatic heterocycles. The first kappa shape index (κ1) is 13.4. The minimum Gasteiger partial charge on any atom is -0.393 e. The molecule has 4 nitrogen and oxygen atoms in total. The summed E-state index contributed by atoms with van der Waals surface area (Å²) in [5, 5.41) is 12.2. The number of rotatable bonds is 6. The molecule has 1 amide bonds. The summed E-state index contributed by atoms with van der Waals surface area (Å²) in [5.41, 5.74) is 5.37. The maximum atomic E-state index is 11.6. The molecule has 4 heteroatoms. The number of aliphatic hydroxyl groups excluding tert-OH is 1. The number of nitrogens with two attached hydrogens (primary N) is 1. The van der Waals surface area contributed by atoms with Gasteiger partial charge in [0.05, 0.1) is 12.0 Å². The van der Waals surface area contributed by atoms with Crippen LogP contribution in [0.3, 0.4) is 0 Å². The lowest BCUT2D eigenvalue weighted by Crippen LogP contribution is -2.41. The molecule has 14 heavy (non-hydrogen) atoms. The Morgan fingerprint density at radius 2 is 2.07 bits per heavy atom. The van der Waals surface area contributed by atoms with Crippen LogP contribution >= 0.6 is 0 Å². The molecule has 4 N–H and O–H groups in total. The topological polar surface area (TPSA) is 75.4 Å². The van der Waals surface area contributed by atoms with E-state index in [1.807, 2.05) is 13.8 Å². The van der Waals surface area contributed by atoms with E-state index >= 15 is 0 Å². The maximum Gasteiger partial charge on any atom is 0.225 e. The van der Waals surface area contributed by atoms with Gasteiger partial charge in [-0.3, -0.25) is 4.79 Å². The van der Waals surface area contributed by atoms with Crippen LogP contribution in [0.2, 0.25) is 0 Å². The van der Waals surface area contributed by atoms with E-state index in [2.05, 4.69) is 5.32 Å². The predicted molar refractivity (Wildman–Crippen MR) is 56.7 cm³/mol. The largest absolute Gasteiger partial charge is 0.393 e. The molecule has 0 bridgehead atoms. The van der Waals surface area contributed by atoms with E-state index in [0.717, 1.165) is 6.42 Å². The van der Waals surface area contributed by atoms with Crippen LogP contribution in [0.15, 0.2) is 0 Å². The predicted octanol–water partition coefficient (Wildman–Crippen LogP) is 0.247. The van der Waals surface area contributed by atoms with Crippen LogP contribution in [0, 0.1) is 5.92 Å². The van der Waals surface area contributed by atoms with E-state index < -0.39 is 6.10 Å². The third-order valence-corrected chi connectivity index (χ3v) is 2.35. The normalized spacial score (nSPS) is 17.2. The van der Waals surface area contributed by atoms with Gasteiger partial charge in [-0.25, -0.2) is 0 Å². The summed E-state index contributed by atoms with van der Waals surface area (Å²) in [6, 6.07) is 0.0836. The Balaban J connectivity index is 4.04. The van der Waals surface area contributed by atoms with E-state index in [1.54, 1.807) is 6.92 Å². The fraction of sp³-hybridized carbons (Fsp3) is 0.900. The van der Waals surface area contributed by atoms with Crippen molar-refractivity contribution in [2.24, 2.45) is 11.7 Å². The van der Waals surface area contributed by atoms with Crippen LogP contribution in [-0.4, -0.2) is 29.7 Å². The molecule has 0 aromatic carbocycles. The van der Waals surface area contributed by atoms with Gasteiger partial charge >= 0.3 is 0 Å². The lowest BCUT2D eigenvalue weighted by molar-refractivity contribution is -0.128. The van der Waals surface area contributed by atoms with Crippen LogP contribution in [0.25, 0.3) is 0 Å². The van der Waals surface area contributed by atoms with Crippen LogP contribution < -0.4 is 11.1 Å². The van der Waals surface area contributed by atoms with E-state index in [9.17, 15) is 9.90 Å².